The van der Waals surface area contributed by atoms with Gasteiger partial charge in [-0.3, -0.25) is 0 Å². The van der Waals surface area contributed by atoms with Gasteiger partial charge >= 0.3 is 5.97 Å². The van der Waals surface area contributed by atoms with E-state index in [1.54, 1.807) is 5.38 Å². The summed E-state index contributed by atoms with van der Waals surface area (Å²) in [6.45, 7) is 2.24. The number of nitrogens with zero attached hydrogens (tertiary/aromatic N) is 1. The highest BCUT2D eigenvalue weighted by Crippen LogP contribution is 2.28. The van der Waals surface area contributed by atoms with E-state index in [-0.39, 0.29) is 5.69 Å². The molecular formula is C10H14N2O2S. The van der Waals surface area contributed by atoms with Crippen molar-refractivity contribution in [2.75, 3.05) is 5.32 Å². The summed E-state index contributed by atoms with van der Waals surface area (Å²) in [6, 6.07) is 0.466. The molecule has 5 heteroatoms. The number of aromatic nitrogens is 1. The Labute approximate surface area is 92.3 Å². The Balaban J connectivity index is 1.96. The molecule has 2 rings (SSSR count). The van der Waals surface area contributed by atoms with Crippen LogP contribution in [0.2, 0.25) is 0 Å². The van der Waals surface area contributed by atoms with E-state index in [2.05, 4.69) is 17.2 Å². The first-order valence-electron chi connectivity index (χ1n) is 5.10. The maximum absolute atomic E-state index is 10.6. The van der Waals surface area contributed by atoms with Crippen LogP contribution in [0.25, 0.3) is 0 Å². The molecule has 0 amide bonds. The Morgan fingerprint density at radius 2 is 2.47 bits per heavy atom. The van der Waals surface area contributed by atoms with Crippen LogP contribution in [0, 0.1) is 5.92 Å². The number of carboxylic acids is 1. The van der Waals surface area contributed by atoms with Gasteiger partial charge in [-0.05, 0) is 25.2 Å². The molecule has 0 bridgehead atoms. The predicted octanol–water partition coefficient (Wildman–Crippen LogP) is 2.44. The van der Waals surface area contributed by atoms with E-state index in [1.807, 2.05) is 0 Å². The van der Waals surface area contributed by atoms with Crippen molar-refractivity contribution in [1.29, 1.82) is 0 Å². The fourth-order valence-electron chi connectivity index (χ4n) is 1.95. The number of aromatic carboxylic acids is 1. The average Bonchev–Trinajstić information content (AvgIpc) is 2.76. The molecule has 1 aliphatic carbocycles. The number of hydrogen-bond acceptors (Lipinski definition) is 4. The zero-order valence-electron chi connectivity index (χ0n) is 8.56. The summed E-state index contributed by atoms with van der Waals surface area (Å²) in [4.78, 5) is 14.6. The Hall–Kier alpha value is -1.10. The summed E-state index contributed by atoms with van der Waals surface area (Å²) in [7, 11) is 0. The van der Waals surface area contributed by atoms with Crippen LogP contribution in [0.3, 0.4) is 0 Å². The predicted molar refractivity (Wildman–Crippen MR) is 59.5 cm³/mol. The number of hydrogen-bond donors (Lipinski definition) is 2. The van der Waals surface area contributed by atoms with Crippen LogP contribution in [-0.4, -0.2) is 22.1 Å². The van der Waals surface area contributed by atoms with Crippen molar-refractivity contribution in [3.05, 3.63) is 11.1 Å². The molecule has 0 spiro atoms. The Morgan fingerprint density at radius 1 is 1.67 bits per heavy atom. The smallest absolute Gasteiger partial charge is 0.355 e. The topological polar surface area (TPSA) is 62.2 Å². The molecular weight excluding hydrogens is 212 g/mol. The van der Waals surface area contributed by atoms with E-state index in [0.717, 1.165) is 23.9 Å². The molecule has 1 saturated carbocycles. The van der Waals surface area contributed by atoms with Crippen molar-refractivity contribution >= 4 is 22.4 Å². The molecule has 0 saturated heterocycles. The second-order valence-corrected chi connectivity index (χ2v) is 4.96. The molecule has 2 unspecified atom stereocenters. The number of carbonyl (C=O) groups is 1. The van der Waals surface area contributed by atoms with Gasteiger partial charge in [-0.25, -0.2) is 9.78 Å². The van der Waals surface area contributed by atoms with Crippen LogP contribution >= 0.6 is 11.3 Å². The standard InChI is InChI=1S/C10H14N2O2S/c1-6-2-3-7(4-6)11-10-12-8(5-15-10)9(13)14/h5-7H,2-4H2,1H3,(H,11,12)(H,13,14). The second-order valence-electron chi connectivity index (χ2n) is 4.10. The SMILES string of the molecule is CC1CCC(Nc2nc(C(=O)O)cs2)C1. The molecule has 82 valence electrons. The van der Waals surface area contributed by atoms with E-state index in [1.165, 1.54) is 17.8 Å². The van der Waals surface area contributed by atoms with E-state index in [4.69, 9.17) is 5.11 Å². The van der Waals surface area contributed by atoms with Gasteiger partial charge in [-0.1, -0.05) is 6.92 Å². The molecule has 1 heterocycles. The van der Waals surface area contributed by atoms with Gasteiger partial charge in [0.15, 0.2) is 10.8 Å². The zero-order chi connectivity index (χ0) is 10.8. The van der Waals surface area contributed by atoms with Crippen molar-refractivity contribution in [1.82, 2.24) is 4.98 Å². The number of anilines is 1. The number of thiazole rings is 1. The monoisotopic (exact) mass is 226 g/mol. The van der Waals surface area contributed by atoms with E-state index in [9.17, 15) is 4.79 Å². The lowest BCUT2D eigenvalue weighted by Crippen LogP contribution is -2.15. The zero-order valence-corrected chi connectivity index (χ0v) is 9.38. The molecule has 2 atom stereocenters. The van der Waals surface area contributed by atoms with Gasteiger partial charge in [0.25, 0.3) is 0 Å². The highest BCUT2D eigenvalue weighted by atomic mass is 32.1. The third kappa shape index (κ3) is 2.47. The fraction of sp³-hybridized carbons (Fsp3) is 0.600. The normalized spacial score (nSPS) is 25.4. The second kappa shape index (κ2) is 4.18. The van der Waals surface area contributed by atoms with Crippen LogP contribution in [0.1, 0.15) is 36.7 Å². The number of carboxylic acid groups (broad SMARTS) is 1. The molecule has 0 aromatic carbocycles. The van der Waals surface area contributed by atoms with Gasteiger partial charge in [0, 0.05) is 11.4 Å². The van der Waals surface area contributed by atoms with Crippen molar-refractivity contribution in [3.8, 4) is 0 Å². The lowest BCUT2D eigenvalue weighted by molar-refractivity contribution is 0.0691. The Morgan fingerprint density at radius 3 is 3.00 bits per heavy atom. The molecule has 1 fully saturated rings. The highest BCUT2D eigenvalue weighted by molar-refractivity contribution is 7.13. The van der Waals surface area contributed by atoms with Crippen molar-refractivity contribution in [3.63, 3.8) is 0 Å². The highest BCUT2D eigenvalue weighted by Gasteiger charge is 2.22. The van der Waals surface area contributed by atoms with Gasteiger partial charge in [0.05, 0.1) is 0 Å². The van der Waals surface area contributed by atoms with Crippen LogP contribution in [-0.2, 0) is 0 Å². The Kier molecular flexibility index (Phi) is 2.90. The minimum Gasteiger partial charge on any atom is -0.476 e. The van der Waals surface area contributed by atoms with Crippen LogP contribution < -0.4 is 5.32 Å². The third-order valence-corrected chi connectivity index (χ3v) is 3.52. The summed E-state index contributed by atoms with van der Waals surface area (Å²) < 4.78 is 0. The Bertz CT molecular complexity index is 364. The van der Waals surface area contributed by atoms with Gasteiger partial charge < -0.3 is 10.4 Å². The molecule has 0 aliphatic heterocycles. The fourth-order valence-corrected chi connectivity index (χ4v) is 2.71. The van der Waals surface area contributed by atoms with Gasteiger partial charge in [0.1, 0.15) is 0 Å². The average molecular weight is 226 g/mol. The molecule has 2 N–H and O–H groups in total. The molecule has 0 radical (unpaired) electrons. The molecule has 1 aliphatic rings. The molecule has 4 nitrogen and oxygen atoms in total. The largest absolute Gasteiger partial charge is 0.476 e. The van der Waals surface area contributed by atoms with Crippen LogP contribution in [0.4, 0.5) is 5.13 Å². The van der Waals surface area contributed by atoms with Gasteiger partial charge in [-0.15, -0.1) is 11.3 Å². The van der Waals surface area contributed by atoms with E-state index < -0.39 is 5.97 Å². The van der Waals surface area contributed by atoms with E-state index in [0.29, 0.717) is 6.04 Å². The first kappa shape index (κ1) is 10.4. The molecule has 15 heavy (non-hydrogen) atoms. The maximum atomic E-state index is 10.6. The number of nitrogens with one attached hydrogen (secondary N) is 1. The summed E-state index contributed by atoms with van der Waals surface area (Å²) in [6.07, 6.45) is 3.56. The van der Waals surface area contributed by atoms with Crippen molar-refractivity contribution in [2.24, 2.45) is 5.92 Å². The number of rotatable bonds is 3. The summed E-state index contributed by atoms with van der Waals surface area (Å²) in [5.41, 5.74) is 0.133. The summed E-state index contributed by atoms with van der Waals surface area (Å²) >= 11 is 1.36. The third-order valence-electron chi connectivity index (χ3n) is 2.75. The molecule has 1 aromatic rings. The van der Waals surface area contributed by atoms with Crippen LogP contribution in [0.5, 0.6) is 0 Å². The van der Waals surface area contributed by atoms with Gasteiger partial charge in [-0.2, -0.15) is 0 Å². The van der Waals surface area contributed by atoms with Crippen LogP contribution in [0.15, 0.2) is 5.38 Å². The van der Waals surface area contributed by atoms with Crippen molar-refractivity contribution < 1.29 is 9.90 Å². The maximum Gasteiger partial charge on any atom is 0.355 e. The summed E-state index contributed by atoms with van der Waals surface area (Å²) in [5.74, 6) is -0.194. The first-order valence-corrected chi connectivity index (χ1v) is 5.98. The quantitative estimate of drug-likeness (QED) is 0.831. The lowest BCUT2D eigenvalue weighted by Gasteiger charge is -2.10. The molecule has 1 aromatic heterocycles. The minimum absolute atomic E-state index is 0.133. The van der Waals surface area contributed by atoms with Crippen molar-refractivity contribution in [2.45, 2.75) is 32.2 Å². The lowest BCUT2D eigenvalue weighted by atomic mass is 10.1. The minimum atomic E-state index is -0.959. The van der Waals surface area contributed by atoms with Gasteiger partial charge in [0.2, 0.25) is 0 Å². The first-order chi connectivity index (χ1) is 7.15. The summed E-state index contributed by atoms with van der Waals surface area (Å²) in [5, 5.41) is 14.3. The van der Waals surface area contributed by atoms with E-state index >= 15 is 0 Å².